The minimum absolute atomic E-state index is 0. The molecule has 1 aromatic carbocycles. The van der Waals surface area contributed by atoms with Gasteiger partial charge in [0.2, 0.25) is 0 Å². The van der Waals surface area contributed by atoms with Gasteiger partial charge in [-0.2, -0.15) is 0 Å². The molecule has 1 aliphatic rings. The second kappa shape index (κ2) is 13.3. The summed E-state index contributed by atoms with van der Waals surface area (Å²) in [5.41, 5.74) is 2.54. The Kier molecular flexibility index (Phi) is 11.9. The first-order valence-corrected chi connectivity index (χ1v) is 9.42. The van der Waals surface area contributed by atoms with Gasteiger partial charge < -0.3 is 19.7 Å². The van der Waals surface area contributed by atoms with Gasteiger partial charge in [0.05, 0.1) is 12.6 Å². The van der Waals surface area contributed by atoms with Crippen molar-refractivity contribution in [3.8, 4) is 0 Å². The van der Waals surface area contributed by atoms with Crippen molar-refractivity contribution in [2.24, 2.45) is 4.99 Å². The molecule has 1 aromatic rings. The zero-order valence-electron chi connectivity index (χ0n) is 16.4. The molecule has 0 bridgehead atoms. The lowest BCUT2D eigenvalue weighted by Gasteiger charge is -2.34. The number of ether oxygens (including phenoxy) is 2. The molecule has 26 heavy (non-hydrogen) atoms. The van der Waals surface area contributed by atoms with E-state index in [1.165, 1.54) is 11.1 Å². The highest BCUT2D eigenvalue weighted by Crippen LogP contribution is 2.15. The Morgan fingerprint density at radius 2 is 2.04 bits per heavy atom. The molecular formula is C20H34IN3O2. The summed E-state index contributed by atoms with van der Waals surface area (Å²) < 4.78 is 11.0. The van der Waals surface area contributed by atoms with Gasteiger partial charge in [0, 0.05) is 40.0 Å². The van der Waals surface area contributed by atoms with Gasteiger partial charge in [-0.25, -0.2) is 4.99 Å². The van der Waals surface area contributed by atoms with Crippen LogP contribution in [0.15, 0.2) is 29.3 Å². The summed E-state index contributed by atoms with van der Waals surface area (Å²) in [7, 11) is 1.73. The van der Waals surface area contributed by atoms with E-state index in [2.05, 4.69) is 48.3 Å². The van der Waals surface area contributed by atoms with Crippen LogP contribution in [0.25, 0.3) is 0 Å². The van der Waals surface area contributed by atoms with Gasteiger partial charge in [-0.3, -0.25) is 0 Å². The maximum absolute atomic E-state index is 5.95. The second-order valence-corrected chi connectivity index (χ2v) is 6.56. The van der Waals surface area contributed by atoms with Crippen LogP contribution >= 0.6 is 24.0 Å². The molecule has 0 amide bonds. The Hall–Kier alpha value is -0.860. The van der Waals surface area contributed by atoms with Gasteiger partial charge in [-0.15, -0.1) is 24.0 Å². The maximum Gasteiger partial charge on any atom is 0.194 e. The summed E-state index contributed by atoms with van der Waals surface area (Å²) in [5, 5.41) is 3.43. The van der Waals surface area contributed by atoms with Crippen LogP contribution in [0.4, 0.5) is 0 Å². The number of aryl methyl sites for hydroxylation is 1. The molecular weight excluding hydrogens is 441 g/mol. The largest absolute Gasteiger partial charge is 0.385 e. The van der Waals surface area contributed by atoms with Crippen molar-refractivity contribution in [1.82, 2.24) is 10.2 Å². The number of rotatable bonds is 8. The van der Waals surface area contributed by atoms with Crippen molar-refractivity contribution in [3.05, 3.63) is 35.4 Å². The Balaban J connectivity index is 0.00000338. The van der Waals surface area contributed by atoms with E-state index in [4.69, 9.17) is 14.5 Å². The summed E-state index contributed by atoms with van der Waals surface area (Å²) >= 11 is 0. The molecule has 1 fully saturated rings. The van der Waals surface area contributed by atoms with E-state index >= 15 is 0 Å². The van der Waals surface area contributed by atoms with Crippen LogP contribution in [0.1, 0.15) is 37.3 Å². The summed E-state index contributed by atoms with van der Waals surface area (Å²) in [5.74, 6) is 1.02. The summed E-state index contributed by atoms with van der Waals surface area (Å²) in [6, 6.07) is 8.56. The van der Waals surface area contributed by atoms with E-state index in [0.29, 0.717) is 6.10 Å². The molecule has 1 N–H and O–H groups in total. The van der Waals surface area contributed by atoms with Gasteiger partial charge in [-0.05, 0) is 38.7 Å². The van der Waals surface area contributed by atoms with E-state index < -0.39 is 0 Å². The Morgan fingerprint density at radius 1 is 1.27 bits per heavy atom. The number of halogens is 1. The van der Waals surface area contributed by atoms with Crippen LogP contribution in [-0.4, -0.2) is 56.9 Å². The number of piperidine rings is 1. The third kappa shape index (κ3) is 8.22. The smallest absolute Gasteiger partial charge is 0.194 e. The summed E-state index contributed by atoms with van der Waals surface area (Å²) in [4.78, 5) is 7.19. The number of hydrogen-bond acceptors (Lipinski definition) is 3. The average molecular weight is 475 g/mol. The third-order valence-electron chi connectivity index (χ3n) is 4.42. The van der Waals surface area contributed by atoms with Crippen LogP contribution < -0.4 is 5.32 Å². The number of hydrogen-bond donors (Lipinski definition) is 1. The second-order valence-electron chi connectivity index (χ2n) is 6.56. The highest BCUT2D eigenvalue weighted by molar-refractivity contribution is 14.0. The van der Waals surface area contributed by atoms with Crippen molar-refractivity contribution >= 4 is 29.9 Å². The van der Waals surface area contributed by atoms with E-state index in [0.717, 1.165) is 64.6 Å². The number of likely N-dealkylation sites (tertiary alicyclic amines) is 1. The fourth-order valence-corrected chi connectivity index (χ4v) is 3.09. The van der Waals surface area contributed by atoms with E-state index in [9.17, 15) is 0 Å². The first-order valence-electron chi connectivity index (χ1n) is 9.42. The molecule has 1 saturated heterocycles. The predicted octanol–water partition coefficient (Wildman–Crippen LogP) is 3.60. The zero-order chi connectivity index (χ0) is 17.9. The van der Waals surface area contributed by atoms with Crippen LogP contribution in [0.3, 0.4) is 0 Å². The fraction of sp³-hybridized carbons (Fsp3) is 0.650. The Bertz CT molecular complexity index is 532. The zero-order valence-corrected chi connectivity index (χ0v) is 18.7. The highest BCUT2D eigenvalue weighted by Gasteiger charge is 2.21. The number of aliphatic imine (C=N–C) groups is 1. The maximum atomic E-state index is 5.95. The number of benzene rings is 1. The molecule has 0 saturated carbocycles. The molecule has 0 radical (unpaired) electrons. The quantitative estimate of drug-likeness (QED) is 0.270. The minimum atomic E-state index is 0. The average Bonchev–Trinajstić information content (AvgIpc) is 2.63. The molecule has 1 aliphatic heterocycles. The van der Waals surface area contributed by atoms with Crippen molar-refractivity contribution in [2.45, 2.75) is 45.8 Å². The summed E-state index contributed by atoms with van der Waals surface area (Å²) in [6.07, 6.45) is 3.45. The SMILES string of the molecule is CCNC(=NCc1cccc(C)c1)N1CCC(OCCCOC)CC1.I. The molecule has 0 unspecified atom stereocenters. The molecule has 0 aromatic heterocycles. The topological polar surface area (TPSA) is 46.1 Å². The number of methoxy groups -OCH3 is 1. The van der Waals surface area contributed by atoms with Crippen molar-refractivity contribution in [1.29, 1.82) is 0 Å². The molecule has 6 heteroatoms. The molecule has 148 valence electrons. The van der Waals surface area contributed by atoms with Crippen molar-refractivity contribution < 1.29 is 9.47 Å². The number of nitrogens with one attached hydrogen (secondary N) is 1. The summed E-state index contributed by atoms with van der Waals surface area (Å²) in [6.45, 7) is 9.40. The first-order chi connectivity index (χ1) is 12.2. The normalized spacial score (nSPS) is 15.7. The number of nitrogens with zero attached hydrogens (tertiary/aromatic N) is 2. The monoisotopic (exact) mass is 475 g/mol. The lowest BCUT2D eigenvalue weighted by Crippen LogP contribution is -2.47. The lowest BCUT2D eigenvalue weighted by atomic mass is 10.1. The van der Waals surface area contributed by atoms with Gasteiger partial charge in [0.25, 0.3) is 0 Å². The van der Waals surface area contributed by atoms with Gasteiger partial charge in [0.1, 0.15) is 0 Å². The minimum Gasteiger partial charge on any atom is -0.385 e. The van der Waals surface area contributed by atoms with Crippen LogP contribution in [0, 0.1) is 6.92 Å². The third-order valence-corrected chi connectivity index (χ3v) is 4.42. The van der Waals surface area contributed by atoms with Crippen LogP contribution in [0.2, 0.25) is 0 Å². The van der Waals surface area contributed by atoms with E-state index in [-0.39, 0.29) is 24.0 Å². The Morgan fingerprint density at radius 3 is 2.69 bits per heavy atom. The van der Waals surface area contributed by atoms with Crippen molar-refractivity contribution in [2.75, 3.05) is 40.0 Å². The standard InChI is InChI=1S/C20H33N3O2.HI/c1-4-21-20(22-16-18-8-5-7-17(2)15-18)23-11-9-19(10-12-23)25-14-6-13-24-3;/h5,7-8,15,19H,4,6,9-14,16H2,1-3H3,(H,21,22);1H. The molecule has 0 aliphatic carbocycles. The molecule has 0 atom stereocenters. The van der Waals surface area contributed by atoms with Crippen LogP contribution in [-0.2, 0) is 16.0 Å². The predicted molar refractivity (Wildman–Crippen MR) is 118 cm³/mol. The van der Waals surface area contributed by atoms with E-state index in [1.54, 1.807) is 7.11 Å². The molecule has 0 spiro atoms. The molecule has 2 rings (SSSR count). The molecule has 1 heterocycles. The Labute approximate surface area is 175 Å². The molecule has 5 nitrogen and oxygen atoms in total. The van der Waals surface area contributed by atoms with Crippen LogP contribution in [0.5, 0.6) is 0 Å². The van der Waals surface area contributed by atoms with Gasteiger partial charge >= 0.3 is 0 Å². The fourth-order valence-electron chi connectivity index (χ4n) is 3.09. The number of guanidine groups is 1. The van der Waals surface area contributed by atoms with Gasteiger partial charge in [-0.1, -0.05) is 29.8 Å². The first kappa shape index (κ1) is 23.2. The van der Waals surface area contributed by atoms with Gasteiger partial charge in [0.15, 0.2) is 5.96 Å². The van der Waals surface area contributed by atoms with E-state index in [1.807, 2.05) is 0 Å². The highest BCUT2D eigenvalue weighted by atomic mass is 127. The van der Waals surface area contributed by atoms with Crippen molar-refractivity contribution in [3.63, 3.8) is 0 Å². The lowest BCUT2D eigenvalue weighted by molar-refractivity contribution is 0.00990.